The molecule has 0 radical (unpaired) electrons. The zero-order chi connectivity index (χ0) is 16.3. The van der Waals surface area contributed by atoms with Crippen LogP contribution in [0.1, 0.15) is 54.5 Å². The molecule has 0 aromatic carbocycles. The fourth-order valence-corrected chi connectivity index (χ4v) is 4.01. The summed E-state index contributed by atoms with van der Waals surface area (Å²) >= 11 is 6.14. The van der Waals surface area contributed by atoms with E-state index in [-0.39, 0.29) is 0 Å². The third-order valence-electron chi connectivity index (χ3n) is 5.02. The second-order valence-corrected chi connectivity index (χ2v) is 7.60. The van der Waals surface area contributed by atoms with Crippen molar-refractivity contribution in [1.29, 1.82) is 0 Å². The number of aryl methyl sites for hydroxylation is 1. The van der Waals surface area contributed by atoms with E-state index in [0.717, 1.165) is 40.1 Å². The van der Waals surface area contributed by atoms with Crippen LogP contribution in [0.15, 0.2) is 12.1 Å². The van der Waals surface area contributed by atoms with Crippen molar-refractivity contribution in [3.8, 4) is 0 Å². The Morgan fingerprint density at radius 1 is 1.41 bits per heavy atom. The smallest absolute Gasteiger partial charge is 0.160 e. The highest BCUT2D eigenvalue weighted by atomic mass is 35.5. The van der Waals surface area contributed by atoms with Gasteiger partial charge in [-0.05, 0) is 48.3 Å². The Morgan fingerprint density at radius 3 is 2.77 bits per heavy atom. The third kappa shape index (κ3) is 3.36. The zero-order valence-electron chi connectivity index (χ0n) is 13.8. The number of aldehydes is 1. The van der Waals surface area contributed by atoms with E-state index in [9.17, 15) is 4.79 Å². The second-order valence-electron chi connectivity index (χ2n) is 6.54. The maximum Gasteiger partial charge on any atom is 0.160 e. The van der Waals surface area contributed by atoms with Crippen LogP contribution in [0.25, 0.3) is 10.2 Å². The largest absolute Gasteiger partial charge is 0.297 e. The monoisotopic (exact) mass is 337 g/mol. The molecule has 0 spiro atoms. The van der Waals surface area contributed by atoms with Crippen LogP contribution in [0, 0.1) is 11.3 Å². The highest BCUT2D eigenvalue weighted by Gasteiger charge is 2.31. The molecule has 0 aliphatic heterocycles. The number of hydrogen-bond acceptors (Lipinski definition) is 3. The Hall–Kier alpha value is -0.930. The van der Waals surface area contributed by atoms with Crippen molar-refractivity contribution in [3.63, 3.8) is 0 Å². The average Bonchev–Trinajstić information content (AvgIpc) is 2.95. The third-order valence-corrected chi connectivity index (χ3v) is 5.99. The van der Waals surface area contributed by atoms with Crippen LogP contribution in [0.4, 0.5) is 0 Å². The Kier molecular flexibility index (Phi) is 5.62. The molecule has 1 aliphatic carbocycles. The number of fused-ring (bicyclic) bond motifs is 2. The first-order valence-electron chi connectivity index (χ1n) is 7.79. The lowest BCUT2D eigenvalue weighted by atomic mass is 9.69. The van der Waals surface area contributed by atoms with Crippen LogP contribution in [-0.4, -0.2) is 17.7 Å². The fraction of sp³-hybridized carbons (Fsp3) is 0.556. The Balaban J connectivity index is 0.000000847. The molecule has 0 amide bonds. The van der Waals surface area contributed by atoms with Crippen molar-refractivity contribution in [3.05, 3.63) is 28.3 Å². The van der Waals surface area contributed by atoms with Crippen LogP contribution in [0.5, 0.6) is 0 Å². The minimum Gasteiger partial charge on any atom is -0.297 e. The van der Waals surface area contributed by atoms with Gasteiger partial charge in [0.15, 0.2) is 6.29 Å². The Labute approximate surface area is 141 Å². The number of halogens is 1. The average molecular weight is 338 g/mol. The highest BCUT2D eigenvalue weighted by Crippen LogP contribution is 2.40. The van der Waals surface area contributed by atoms with E-state index in [1.807, 2.05) is 6.07 Å². The SMILES string of the molecule is CCC(C)(C)C1CCc2nc3sc(C=O)cc3cc2C1.CCl. The first-order chi connectivity index (χ1) is 10.5. The normalized spacial score (nSPS) is 17.6. The summed E-state index contributed by atoms with van der Waals surface area (Å²) in [6, 6.07) is 4.23. The summed E-state index contributed by atoms with van der Waals surface area (Å²) in [7, 11) is 0. The number of thiophene rings is 1. The number of rotatable bonds is 3. The Bertz CT molecular complexity index is 662. The molecule has 4 heteroatoms. The summed E-state index contributed by atoms with van der Waals surface area (Å²) in [5, 5.41) is 1.13. The van der Waals surface area contributed by atoms with Crippen molar-refractivity contribution < 1.29 is 4.79 Å². The number of carbonyl (C=O) groups excluding carboxylic acids is 1. The van der Waals surface area contributed by atoms with Gasteiger partial charge in [0.05, 0.1) is 4.88 Å². The summed E-state index contributed by atoms with van der Waals surface area (Å²) in [5.74, 6) is 0.739. The van der Waals surface area contributed by atoms with E-state index in [4.69, 9.17) is 4.98 Å². The standard InChI is InChI=1S/C17H21NOS.CH3Cl/c1-4-17(2,3)13-5-6-15-11(8-13)7-12-9-14(10-19)20-16(12)18-15;1-2/h7,9-10,13H,4-6,8H2,1-3H3;1H3. The lowest BCUT2D eigenvalue weighted by Gasteiger charge is -2.36. The van der Waals surface area contributed by atoms with Crippen LogP contribution in [-0.2, 0) is 12.8 Å². The van der Waals surface area contributed by atoms with E-state index in [1.54, 1.807) is 0 Å². The summed E-state index contributed by atoms with van der Waals surface area (Å²) in [5.41, 5.74) is 3.04. The summed E-state index contributed by atoms with van der Waals surface area (Å²) in [6.45, 7) is 7.04. The van der Waals surface area contributed by atoms with Gasteiger partial charge in [0.2, 0.25) is 0 Å². The van der Waals surface area contributed by atoms with Crippen LogP contribution >= 0.6 is 22.9 Å². The predicted octanol–water partition coefficient (Wildman–Crippen LogP) is 5.50. The van der Waals surface area contributed by atoms with Gasteiger partial charge >= 0.3 is 0 Å². The summed E-state index contributed by atoms with van der Waals surface area (Å²) in [6.07, 6.45) is 7.06. The number of aromatic nitrogens is 1. The lowest BCUT2D eigenvalue weighted by Crippen LogP contribution is -2.29. The highest BCUT2D eigenvalue weighted by molar-refractivity contribution is 7.20. The minimum atomic E-state index is 0.398. The second kappa shape index (κ2) is 7.10. The molecule has 1 aliphatic rings. The molecular formula is C18H24ClNOS. The van der Waals surface area contributed by atoms with Crippen LogP contribution in [0.3, 0.4) is 0 Å². The molecule has 22 heavy (non-hydrogen) atoms. The molecule has 0 N–H and O–H groups in total. The molecule has 2 nitrogen and oxygen atoms in total. The topological polar surface area (TPSA) is 30.0 Å². The fourth-order valence-electron chi connectivity index (χ4n) is 3.16. The van der Waals surface area contributed by atoms with E-state index in [0.29, 0.717) is 5.41 Å². The first kappa shape index (κ1) is 17.4. The molecular weight excluding hydrogens is 314 g/mol. The maximum absolute atomic E-state index is 10.9. The van der Waals surface area contributed by atoms with Gasteiger partial charge in [0.1, 0.15) is 4.83 Å². The molecule has 0 bridgehead atoms. The molecule has 120 valence electrons. The van der Waals surface area contributed by atoms with E-state index in [2.05, 4.69) is 38.4 Å². The van der Waals surface area contributed by atoms with Gasteiger partial charge in [0.25, 0.3) is 0 Å². The van der Waals surface area contributed by atoms with Crippen molar-refractivity contribution in [2.45, 2.75) is 46.5 Å². The predicted molar refractivity (Wildman–Crippen MR) is 96.4 cm³/mol. The number of hydrogen-bond donors (Lipinski definition) is 0. The molecule has 3 rings (SSSR count). The van der Waals surface area contributed by atoms with Gasteiger partial charge in [-0.3, -0.25) is 4.79 Å². The molecule has 2 aromatic rings. The van der Waals surface area contributed by atoms with E-state index in [1.165, 1.54) is 41.8 Å². The quantitative estimate of drug-likeness (QED) is 0.546. The van der Waals surface area contributed by atoms with Crippen molar-refractivity contribution >= 4 is 39.4 Å². The summed E-state index contributed by atoms with van der Waals surface area (Å²) < 4.78 is 0. The molecule has 1 atom stereocenters. The van der Waals surface area contributed by atoms with Crippen molar-refractivity contribution in [2.75, 3.05) is 6.38 Å². The zero-order valence-corrected chi connectivity index (χ0v) is 15.4. The molecule has 1 unspecified atom stereocenters. The maximum atomic E-state index is 10.9. The number of nitrogens with zero attached hydrogens (tertiary/aromatic N) is 1. The van der Waals surface area contributed by atoms with Gasteiger partial charge in [-0.1, -0.05) is 27.2 Å². The molecule has 2 aromatic heterocycles. The number of alkyl halides is 1. The first-order valence-corrected chi connectivity index (χ1v) is 9.36. The molecule has 0 saturated heterocycles. The molecule has 0 fully saturated rings. The molecule has 2 heterocycles. The van der Waals surface area contributed by atoms with Crippen LogP contribution < -0.4 is 0 Å². The van der Waals surface area contributed by atoms with Gasteiger partial charge in [-0.2, -0.15) is 0 Å². The molecule has 0 saturated carbocycles. The van der Waals surface area contributed by atoms with Crippen LogP contribution in [0.2, 0.25) is 0 Å². The van der Waals surface area contributed by atoms with Gasteiger partial charge in [-0.25, -0.2) is 4.98 Å². The number of pyridine rings is 1. The van der Waals surface area contributed by atoms with Gasteiger partial charge in [0, 0.05) is 17.5 Å². The van der Waals surface area contributed by atoms with E-state index < -0.39 is 0 Å². The lowest BCUT2D eigenvalue weighted by molar-refractivity contribution is 0.112. The van der Waals surface area contributed by atoms with Gasteiger partial charge < -0.3 is 0 Å². The minimum absolute atomic E-state index is 0.398. The van der Waals surface area contributed by atoms with Gasteiger partial charge in [-0.15, -0.1) is 22.9 Å². The number of carbonyl (C=O) groups is 1. The van der Waals surface area contributed by atoms with E-state index >= 15 is 0 Å². The summed E-state index contributed by atoms with van der Waals surface area (Å²) in [4.78, 5) is 17.5. The Morgan fingerprint density at radius 2 is 2.14 bits per heavy atom. The van der Waals surface area contributed by atoms with Crippen molar-refractivity contribution in [1.82, 2.24) is 4.98 Å². The van der Waals surface area contributed by atoms with Crippen molar-refractivity contribution in [2.24, 2.45) is 11.3 Å².